The minimum absolute atomic E-state index is 0.0701. The Morgan fingerprint density at radius 1 is 0.903 bits per heavy atom. The lowest BCUT2D eigenvalue weighted by Crippen LogP contribution is -2.40. The van der Waals surface area contributed by atoms with E-state index in [0.717, 1.165) is 12.0 Å². The van der Waals surface area contributed by atoms with Gasteiger partial charge in [0.25, 0.3) is 5.91 Å². The summed E-state index contributed by atoms with van der Waals surface area (Å²) in [4.78, 5) is 15.7. The zero-order valence-corrected chi connectivity index (χ0v) is 18.3. The van der Waals surface area contributed by atoms with Gasteiger partial charge in [-0.05, 0) is 42.2 Å². The summed E-state index contributed by atoms with van der Waals surface area (Å²) in [6.07, 6.45) is 0.814. The van der Waals surface area contributed by atoms with Crippen molar-refractivity contribution in [1.82, 2.24) is 4.90 Å². The standard InChI is InChI=1S/C26H27NO4/c1-17-9-11-19(12-10-17)24-21-8-6-5-7-18(21)13-14-27(24)26(28)20-15-22(29-2)25(31-4)23(16-20)30-3/h5-12,15-16,24H,13-14H2,1-4H3. The highest BCUT2D eigenvalue weighted by molar-refractivity contribution is 5.96. The molecular weight excluding hydrogens is 390 g/mol. The third kappa shape index (κ3) is 3.83. The van der Waals surface area contributed by atoms with Gasteiger partial charge >= 0.3 is 0 Å². The molecule has 31 heavy (non-hydrogen) atoms. The van der Waals surface area contributed by atoms with Crippen molar-refractivity contribution in [1.29, 1.82) is 0 Å². The SMILES string of the molecule is COc1cc(C(=O)N2CCc3ccccc3C2c2ccc(C)cc2)cc(OC)c1OC. The first-order valence-electron chi connectivity index (χ1n) is 10.3. The van der Waals surface area contributed by atoms with Crippen LogP contribution in [-0.2, 0) is 6.42 Å². The molecule has 3 aromatic rings. The van der Waals surface area contributed by atoms with E-state index in [0.29, 0.717) is 29.4 Å². The van der Waals surface area contributed by atoms with Gasteiger partial charge in [-0.25, -0.2) is 0 Å². The van der Waals surface area contributed by atoms with Gasteiger partial charge < -0.3 is 19.1 Å². The van der Waals surface area contributed by atoms with E-state index in [2.05, 4.69) is 49.4 Å². The monoisotopic (exact) mass is 417 g/mol. The lowest BCUT2D eigenvalue weighted by Gasteiger charge is -2.38. The summed E-state index contributed by atoms with van der Waals surface area (Å²) in [5, 5.41) is 0. The van der Waals surface area contributed by atoms with E-state index in [1.807, 2.05) is 11.0 Å². The van der Waals surface area contributed by atoms with E-state index >= 15 is 0 Å². The Morgan fingerprint density at radius 2 is 1.55 bits per heavy atom. The molecule has 0 spiro atoms. The summed E-state index contributed by atoms with van der Waals surface area (Å²) in [6, 6.07) is 20.0. The molecule has 5 nitrogen and oxygen atoms in total. The summed E-state index contributed by atoms with van der Waals surface area (Å²) in [5.41, 5.74) is 5.24. The average molecular weight is 418 g/mol. The quantitative estimate of drug-likeness (QED) is 0.598. The largest absolute Gasteiger partial charge is 0.493 e. The van der Waals surface area contributed by atoms with Crippen LogP contribution >= 0.6 is 0 Å². The highest BCUT2D eigenvalue weighted by atomic mass is 16.5. The molecule has 0 saturated heterocycles. The third-order valence-corrected chi connectivity index (χ3v) is 5.85. The number of methoxy groups -OCH3 is 3. The van der Waals surface area contributed by atoms with Gasteiger partial charge in [0.1, 0.15) is 0 Å². The van der Waals surface area contributed by atoms with Crippen LogP contribution in [0.4, 0.5) is 0 Å². The van der Waals surface area contributed by atoms with Crippen LogP contribution in [0.15, 0.2) is 60.7 Å². The number of benzene rings is 3. The topological polar surface area (TPSA) is 48.0 Å². The van der Waals surface area contributed by atoms with Crippen molar-refractivity contribution < 1.29 is 19.0 Å². The molecule has 0 aliphatic carbocycles. The molecule has 1 aliphatic rings. The average Bonchev–Trinajstić information content (AvgIpc) is 2.82. The number of rotatable bonds is 5. The van der Waals surface area contributed by atoms with Crippen LogP contribution < -0.4 is 14.2 Å². The third-order valence-electron chi connectivity index (χ3n) is 5.85. The van der Waals surface area contributed by atoms with Gasteiger partial charge in [0.2, 0.25) is 5.75 Å². The summed E-state index contributed by atoms with van der Waals surface area (Å²) in [6.45, 7) is 2.70. The molecule has 0 aromatic heterocycles. The van der Waals surface area contributed by atoms with Crippen molar-refractivity contribution in [3.63, 3.8) is 0 Å². The maximum Gasteiger partial charge on any atom is 0.254 e. The van der Waals surface area contributed by atoms with Gasteiger partial charge in [-0.15, -0.1) is 0 Å². The Balaban J connectivity index is 1.80. The van der Waals surface area contributed by atoms with Gasteiger partial charge in [-0.2, -0.15) is 0 Å². The number of carbonyl (C=O) groups excluding carboxylic acids is 1. The molecule has 0 N–H and O–H groups in total. The van der Waals surface area contributed by atoms with Crippen molar-refractivity contribution >= 4 is 5.91 Å². The van der Waals surface area contributed by atoms with Gasteiger partial charge in [0, 0.05) is 12.1 Å². The van der Waals surface area contributed by atoms with Crippen LogP contribution in [-0.4, -0.2) is 38.7 Å². The van der Waals surface area contributed by atoms with Gasteiger partial charge in [0.05, 0.1) is 27.4 Å². The molecule has 0 fully saturated rings. The van der Waals surface area contributed by atoms with E-state index in [9.17, 15) is 4.79 Å². The summed E-state index contributed by atoms with van der Waals surface area (Å²) >= 11 is 0. The summed E-state index contributed by atoms with van der Waals surface area (Å²) in [5.74, 6) is 1.34. The second-order valence-electron chi connectivity index (χ2n) is 7.67. The van der Waals surface area contributed by atoms with E-state index in [1.165, 1.54) is 16.7 Å². The smallest absolute Gasteiger partial charge is 0.254 e. The molecule has 1 aliphatic heterocycles. The fourth-order valence-electron chi connectivity index (χ4n) is 4.26. The molecule has 5 heteroatoms. The van der Waals surface area contributed by atoms with E-state index < -0.39 is 0 Å². The van der Waals surface area contributed by atoms with Crippen LogP contribution in [0.2, 0.25) is 0 Å². The first kappa shape index (κ1) is 20.8. The highest BCUT2D eigenvalue weighted by Crippen LogP contribution is 2.40. The van der Waals surface area contributed by atoms with Crippen molar-refractivity contribution in [3.8, 4) is 17.2 Å². The molecule has 1 atom stereocenters. The van der Waals surface area contributed by atoms with Crippen molar-refractivity contribution in [2.24, 2.45) is 0 Å². The lowest BCUT2D eigenvalue weighted by molar-refractivity contribution is 0.0693. The number of carbonyl (C=O) groups is 1. The first-order chi connectivity index (χ1) is 15.1. The van der Waals surface area contributed by atoms with Crippen LogP contribution in [0.3, 0.4) is 0 Å². The summed E-state index contributed by atoms with van der Waals surface area (Å²) < 4.78 is 16.3. The maximum atomic E-state index is 13.8. The number of hydrogen-bond donors (Lipinski definition) is 0. The lowest BCUT2D eigenvalue weighted by atomic mass is 9.87. The molecular formula is C26H27NO4. The van der Waals surface area contributed by atoms with Gasteiger partial charge in [-0.3, -0.25) is 4.79 Å². The Morgan fingerprint density at radius 3 is 2.16 bits per heavy atom. The fraction of sp³-hybridized carbons (Fsp3) is 0.269. The first-order valence-corrected chi connectivity index (χ1v) is 10.3. The number of aryl methyl sites for hydroxylation is 1. The summed E-state index contributed by atoms with van der Waals surface area (Å²) in [7, 11) is 4.66. The number of amides is 1. The second kappa shape index (κ2) is 8.72. The predicted octanol–water partition coefficient (Wildman–Crippen LogP) is 4.81. The Labute approximate surface area is 183 Å². The zero-order chi connectivity index (χ0) is 22.0. The molecule has 0 saturated carbocycles. The Kier molecular flexibility index (Phi) is 5.85. The molecule has 1 amide bonds. The van der Waals surface area contributed by atoms with Crippen LogP contribution in [0.25, 0.3) is 0 Å². The van der Waals surface area contributed by atoms with E-state index in [-0.39, 0.29) is 11.9 Å². The second-order valence-corrected chi connectivity index (χ2v) is 7.67. The molecule has 1 heterocycles. The highest BCUT2D eigenvalue weighted by Gasteiger charge is 2.33. The number of nitrogens with zero attached hydrogens (tertiary/aromatic N) is 1. The van der Waals surface area contributed by atoms with E-state index in [4.69, 9.17) is 14.2 Å². The fourth-order valence-corrected chi connectivity index (χ4v) is 4.26. The number of ether oxygens (including phenoxy) is 3. The van der Waals surface area contributed by atoms with Crippen LogP contribution in [0, 0.1) is 6.92 Å². The minimum atomic E-state index is -0.155. The molecule has 160 valence electrons. The molecule has 0 radical (unpaired) electrons. The maximum absolute atomic E-state index is 13.8. The van der Waals surface area contributed by atoms with E-state index in [1.54, 1.807) is 33.5 Å². The molecule has 3 aromatic carbocycles. The normalized spacial score (nSPS) is 15.2. The van der Waals surface area contributed by atoms with Crippen LogP contribution in [0.5, 0.6) is 17.2 Å². The molecule has 4 rings (SSSR count). The van der Waals surface area contributed by atoms with Crippen molar-refractivity contribution in [2.45, 2.75) is 19.4 Å². The molecule has 0 bridgehead atoms. The zero-order valence-electron chi connectivity index (χ0n) is 18.3. The Hall–Kier alpha value is -3.47. The Bertz CT molecular complexity index is 1070. The minimum Gasteiger partial charge on any atom is -0.493 e. The number of hydrogen-bond acceptors (Lipinski definition) is 4. The van der Waals surface area contributed by atoms with Gasteiger partial charge in [0.15, 0.2) is 11.5 Å². The predicted molar refractivity (Wildman–Crippen MR) is 120 cm³/mol. The number of fused-ring (bicyclic) bond motifs is 1. The van der Waals surface area contributed by atoms with Crippen LogP contribution in [0.1, 0.15) is 38.7 Å². The van der Waals surface area contributed by atoms with Crippen molar-refractivity contribution in [3.05, 3.63) is 88.5 Å². The van der Waals surface area contributed by atoms with Crippen molar-refractivity contribution in [2.75, 3.05) is 27.9 Å². The molecule has 1 unspecified atom stereocenters. The van der Waals surface area contributed by atoms with Gasteiger partial charge in [-0.1, -0.05) is 54.1 Å².